The summed E-state index contributed by atoms with van der Waals surface area (Å²) in [5.41, 5.74) is 0.599. The van der Waals surface area contributed by atoms with Crippen molar-refractivity contribution in [2.45, 2.75) is 44.0 Å². The standard InChI is InChI=1S/C19H25NO5/c21-16-6-11-25-19(12-16)7-9-20(10-8-19)18(23)17(22)14-24-13-15-4-2-1-3-5-15/h1-5,17,22H,6-14H2/t17-/m1/s1. The van der Waals surface area contributed by atoms with E-state index in [0.717, 1.165) is 5.56 Å². The summed E-state index contributed by atoms with van der Waals surface area (Å²) in [7, 11) is 0. The molecule has 0 radical (unpaired) electrons. The Kier molecular flexibility index (Phi) is 5.83. The van der Waals surface area contributed by atoms with Gasteiger partial charge in [0.25, 0.3) is 5.91 Å². The molecular formula is C19H25NO5. The van der Waals surface area contributed by atoms with Crippen LogP contribution in [0.5, 0.6) is 0 Å². The van der Waals surface area contributed by atoms with Crippen LogP contribution in [0.1, 0.15) is 31.2 Å². The highest BCUT2D eigenvalue weighted by Gasteiger charge is 2.41. The number of ether oxygens (including phenoxy) is 2. The first kappa shape index (κ1) is 18.0. The molecule has 2 fully saturated rings. The molecule has 2 heterocycles. The van der Waals surface area contributed by atoms with E-state index in [1.807, 2.05) is 30.3 Å². The summed E-state index contributed by atoms with van der Waals surface area (Å²) in [6.07, 6.45) is 1.05. The Labute approximate surface area is 147 Å². The Morgan fingerprint density at radius 2 is 2.00 bits per heavy atom. The van der Waals surface area contributed by atoms with Crippen molar-refractivity contribution in [2.24, 2.45) is 0 Å². The number of likely N-dealkylation sites (tertiary alicyclic amines) is 1. The summed E-state index contributed by atoms with van der Waals surface area (Å²) in [6.45, 7) is 1.82. The third-order valence-corrected chi connectivity index (χ3v) is 4.97. The largest absolute Gasteiger partial charge is 0.381 e. The van der Waals surface area contributed by atoms with Gasteiger partial charge in [-0.1, -0.05) is 30.3 Å². The van der Waals surface area contributed by atoms with Crippen molar-refractivity contribution >= 4 is 11.7 Å². The van der Waals surface area contributed by atoms with Crippen LogP contribution in [0, 0.1) is 0 Å². The Morgan fingerprint density at radius 1 is 1.28 bits per heavy atom. The smallest absolute Gasteiger partial charge is 0.253 e. The number of hydrogen-bond donors (Lipinski definition) is 1. The van der Waals surface area contributed by atoms with Crippen LogP contribution in [0.4, 0.5) is 0 Å². The molecule has 0 aliphatic carbocycles. The fourth-order valence-electron chi connectivity index (χ4n) is 3.48. The molecule has 0 bridgehead atoms. The van der Waals surface area contributed by atoms with Gasteiger partial charge in [0.05, 0.1) is 25.4 Å². The second-order valence-corrected chi connectivity index (χ2v) is 6.84. The van der Waals surface area contributed by atoms with Gasteiger partial charge in [-0.25, -0.2) is 0 Å². The SMILES string of the molecule is O=C1CCOC2(CCN(C(=O)[C@H](O)COCc3ccccc3)CC2)C1. The van der Waals surface area contributed by atoms with Crippen molar-refractivity contribution in [3.05, 3.63) is 35.9 Å². The molecule has 1 atom stereocenters. The van der Waals surface area contributed by atoms with E-state index in [0.29, 0.717) is 52.0 Å². The molecule has 1 aromatic rings. The van der Waals surface area contributed by atoms with E-state index < -0.39 is 11.7 Å². The van der Waals surface area contributed by atoms with E-state index in [4.69, 9.17) is 9.47 Å². The molecule has 1 N–H and O–H groups in total. The van der Waals surface area contributed by atoms with E-state index in [1.165, 1.54) is 0 Å². The third-order valence-electron chi connectivity index (χ3n) is 4.97. The van der Waals surface area contributed by atoms with Gasteiger partial charge in [-0.05, 0) is 18.4 Å². The Bertz CT molecular complexity index is 595. The van der Waals surface area contributed by atoms with Gasteiger partial charge in [0.15, 0.2) is 6.10 Å². The van der Waals surface area contributed by atoms with E-state index in [-0.39, 0.29) is 18.3 Å². The number of ketones is 1. The van der Waals surface area contributed by atoms with Crippen LogP contribution >= 0.6 is 0 Å². The maximum atomic E-state index is 12.4. The Morgan fingerprint density at radius 3 is 2.68 bits per heavy atom. The monoisotopic (exact) mass is 347 g/mol. The highest BCUT2D eigenvalue weighted by molar-refractivity contribution is 5.81. The van der Waals surface area contributed by atoms with E-state index in [9.17, 15) is 14.7 Å². The van der Waals surface area contributed by atoms with Crippen molar-refractivity contribution in [1.29, 1.82) is 0 Å². The predicted octanol–water partition coefficient (Wildman–Crippen LogP) is 1.30. The fraction of sp³-hybridized carbons (Fsp3) is 0.579. The lowest BCUT2D eigenvalue weighted by Gasteiger charge is -2.43. The van der Waals surface area contributed by atoms with Crippen LogP contribution in [0.3, 0.4) is 0 Å². The maximum Gasteiger partial charge on any atom is 0.253 e. The van der Waals surface area contributed by atoms with Crippen LogP contribution in [-0.4, -0.2) is 59.7 Å². The number of piperidine rings is 1. The minimum absolute atomic E-state index is 0.0235. The Hall–Kier alpha value is -1.76. The summed E-state index contributed by atoms with van der Waals surface area (Å²) in [5.74, 6) is -0.0783. The summed E-state index contributed by atoms with van der Waals surface area (Å²) in [5, 5.41) is 10.1. The zero-order valence-electron chi connectivity index (χ0n) is 14.4. The molecule has 0 unspecified atom stereocenters. The highest BCUT2D eigenvalue weighted by Crippen LogP contribution is 2.33. The fourth-order valence-corrected chi connectivity index (χ4v) is 3.48. The number of rotatable bonds is 5. The van der Waals surface area contributed by atoms with E-state index >= 15 is 0 Å². The van der Waals surface area contributed by atoms with Gasteiger partial charge in [0.1, 0.15) is 5.78 Å². The van der Waals surface area contributed by atoms with Gasteiger partial charge in [-0.3, -0.25) is 9.59 Å². The summed E-state index contributed by atoms with van der Waals surface area (Å²) >= 11 is 0. The van der Waals surface area contributed by atoms with Crippen molar-refractivity contribution < 1.29 is 24.2 Å². The quantitative estimate of drug-likeness (QED) is 0.869. The van der Waals surface area contributed by atoms with Crippen LogP contribution in [0.2, 0.25) is 0 Å². The number of amides is 1. The molecule has 0 aromatic heterocycles. The maximum absolute atomic E-state index is 12.4. The first-order valence-electron chi connectivity index (χ1n) is 8.82. The predicted molar refractivity (Wildman–Crippen MR) is 90.8 cm³/mol. The first-order chi connectivity index (χ1) is 12.1. The van der Waals surface area contributed by atoms with Gasteiger partial charge < -0.3 is 19.5 Å². The number of aliphatic hydroxyl groups is 1. The van der Waals surface area contributed by atoms with Crippen LogP contribution < -0.4 is 0 Å². The molecule has 0 saturated carbocycles. The number of carbonyl (C=O) groups excluding carboxylic acids is 2. The third kappa shape index (κ3) is 4.66. The molecule has 1 spiro atoms. The van der Waals surface area contributed by atoms with Crippen LogP contribution in [0.25, 0.3) is 0 Å². The average Bonchev–Trinajstić information content (AvgIpc) is 2.62. The van der Waals surface area contributed by atoms with Crippen molar-refractivity contribution in [3.8, 4) is 0 Å². The lowest BCUT2D eigenvalue weighted by molar-refractivity contribution is -0.157. The number of benzene rings is 1. The van der Waals surface area contributed by atoms with Crippen molar-refractivity contribution in [2.75, 3.05) is 26.3 Å². The molecule has 3 rings (SSSR count). The molecule has 6 nitrogen and oxygen atoms in total. The van der Waals surface area contributed by atoms with Gasteiger partial charge in [0.2, 0.25) is 0 Å². The number of Topliss-reactive ketones (excluding diaryl/α,β-unsaturated/α-hetero) is 1. The summed E-state index contributed by atoms with van der Waals surface area (Å²) in [6, 6.07) is 9.63. The molecule has 136 valence electrons. The van der Waals surface area contributed by atoms with Gasteiger partial charge in [0, 0.05) is 25.9 Å². The molecule has 2 aliphatic heterocycles. The second-order valence-electron chi connectivity index (χ2n) is 6.84. The van der Waals surface area contributed by atoms with Crippen molar-refractivity contribution in [3.63, 3.8) is 0 Å². The second kappa shape index (κ2) is 8.08. The van der Waals surface area contributed by atoms with Gasteiger partial charge >= 0.3 is 0 Å². The van der Waals surface area contributed by atoms with Crippen molar-refractivity contribution in [1.82, 2.24) is 4.90 Å². The molecule has 6 heteroatoms. The van der Waals surface area contributed by atoms with E-state index in [2.05, 4.69) is 0 Å². The number of carbonyl (C=O) groups is 2. The molecule has 25 heavy (non-hydrogen) atoms. The van der Waals surface area contributed by atoms with E-state index in [1.54, 1.807) is 4.90 Å². The molecule has 2 saturated heterocycles. The lowest BCUT2D eigenvalue weighted by Crippen LogP contribution is -2.53. The molecule has 1 aromatic carbocycles. The first-order valence-corrected chi connectivity index (χ1v) is 8.82. The minimum Gasteiger partial charge on any atom is -0.381 e. The van der Waals surface area contributed by atoms with Crippen LogP contribution in [0.15, 0.2) is 30.3 Å². The molecule has 2 aliphatic rings. The minimum atomic E-state index is -1.16. The highest BCUT2D eigenvalue weighted by atomic mass is 16.5. The zero-order chi connectivity index (χ0) is 17.7. The van der Waals surface area contributed by atoms with Crippen LogP contribution in [-0.2, 0) is 25.7 Å². The summed E-state index contributed by atoms with van der Waals surface area (Å²) in [4.78, 5) is 25.7. The molecular weight excluding hydrogens is 322 g/mol. The zero-order valence-corrected chi connectivity index (χ0v) is 14.4. The topological polar surface area (TPSA) is 76.1 Å². The average molecular weight is 347 g/mol. The lowest BCUT2D eigenvalue weighted by atomic mass is 9.84. The normalized spacial score (nSPS) is 21.3. The number of nitrogens with zero attached hydrogens (tertiary/aromatic N) is 1. The number of aliphatic hydroxyl groups excluding tert-OH is 1. The van der Waals surface area contributed by atoms with Gasteiger partial charge in [-0.2, -0.15) is 0 Å². The van der Waals surface area contributed by atoms with Gasteiger partial charge in [-0.15, -0.1) is 0 Å². The Balaban J connectivity index is 1.43. The molecule has 1 amide bonds. The summed E-state index contributed by atoms with van der Waals surface area (Å²) < 4.78 is 11.3. The number of hydrogen-bond acceptors (Lipinski definition) is 5.